The normalized spacial score (nSPS) is 11.1. The average Bonchev–Trinajstić information content (AvgIpc) is 2.76. The molecule has 186 valence electrons. The van der Waals surface area contributed by atoms with Crippen LogP contribution in [0.2, 0.25) is 0 Å². The van der Waals surface area contributed by atoms with E-state index < -0.39 is 0 Å². The van der Waals surface area contributed by atoms with Crippen molar-refractivity contribution < 1.29 is 4.74 Å². The first-order valence-electron chi connectivity index (χ1n) is 11.7. The Labute approximate surface area is 215 Å². The van der Waals surface area contributed by atoms with Crippen molar-refractivity contribution >= 4 is 40.5 Å². The van der Waals surface area contributed by atoms with Crippen LogP contribution in [0.25, 0.3) is 0 Å². The number of unbranched alkanes of at least 4 members (excludes halogenated alkanes) is 1. The molecule has 0 aliphatic carbocycles. The van der Waals surface area contributed by atoms with Crippen LogP contribution >= 0.6 is 28.7 Å². The van der Waals surface area contributed by atoms with Gasteiger partial charge in [-0.3, -0.25) is 4.90 Å². The number of hydrogen-bond acceptors (Lipinski definition) is 7. The Morgan fingerprint density at radius 2 is 1.73 bits per heavy atom. The quantitative estimate of drug-likeness (QED) is 0.229. The molecule has 0 radical (unpaired) electrons. The molecule has 0 spiro atoms. The summed E-state index contributed by atoms with van der Waals surface area (Å²) in [6.45, 7) is 14.3. The number of thioether (sulfide) groups is 1. The van der Waals surface area contributed by atoms with Gasteiger partial charge >= 0.3 is 0 Å². The van der Waals surface area contributed by atoms with Crippen LogP contribution in [0.4, 0.5) is 11.8 Å². The predicted octanol–water partition coefficient (Wildman–Crippen LogP) is 6.12. The second-order valence-electron chi connectivity index (χ2n) is 8.61. The van der Waals surface area contributed by atoms with Crippen LogP contribution in [0.3, 0.4) is 0 Å². The molecule has 1 aromatic carbocycles. The van der Waals surface area contributed by atoms with Crippen molar-refractivity contribution in [3.05, 3.63) is 35.9 Å². The molecule has 8 heteroatoms. The zero-order chi connectivity index (χ0) is 23.5. The lowest BCUT2D eigenvalue weighted by molar-refractivity contribution is 0.182. The maximum Gasteiger partial charge on any atom is 0.234 e. The van der Waals surface area contributed by atoms with Crippen LogP contribution in [0.5, 0.6) is 5.88 Å². The highest BCUT2D eigenvalue weighted by Crippen LogP contribution is 2.34. The van der Waals surface area contributed by atoms with Gasteiger partial charge in [0.2, 0.25) is 11.8 Å². The SMILES string of the molecule is Br.CCCCOc1nc(N(C)Cc2ccccc2)nc(NCCN(C(C)C)C(C)C)c1SC. The van der Waals surface area contributed by atoms with E-state index in [1.54, 1.807) is 11.8 Å². The molecule has 0 saturated carbocycles. The Balaban J connectivity index is 0.00000544. The van der Waals surface area contributed by atoms with E-state index in [2.05, 4.69) is 80.3 Å². The van der Waals surface area contributed by atoms with Crippen LogP contribution in [-0.4, -0.2) is 60.0 Å². The topological polar surface area (TPSA) is 53.5 Å². The number of aromatic nitrogens is 2. The van der Waals surface area contributed by atoms with E-state index in [0.29, 0.717) is 30.5 Å². The molecule has 0 saturated heterocycles. The largest absolute Gasteiger partial charge is 0.477 e. The van der Waals surface area contributed by atoms with Crippen molar-refractivity contribution in [2.24, 2.45) is 0 Å². The third kappa shape index (κ3) is 9.33. The lowest BCUT2D eigenvalue weighted by atomic mass is 10.2. The average molecular weight is 541 g/mol. The molecule has 1 heterocycles. The van der Waals surface area contributed by atoms with Crippen molar-refractivity contribution in [1.29, 1.82) is 0 Å². The first-order valence-corrected chi connectivity index (χ1v) is 12.9. The van der Waals surface area contributed by atoms with Crippen LogP contribution in [0.1, 0.15) is 53.0 Å². The van der Waals surface area contributed by atoms with Gasteiger partial charge in [0.1, 0.15) is 10.7 Å². The maximum atomic E-state index is 6.11. The number of nitrogens with zero attached hydrogens (tertiary/aromatic N) is 4. The molecule has 1 aromatic heterocycles. The third-order valence-corrected chi connectivity index (χ3v) is 6.13. The van der Waals surface area contributed by atoms with Crippen LogP contribution < -0.4 is 15.0 Å². The van der Waals surface area contributed by atoms with Gasteiger partial charge in [-0.1, -0.05) is 43.7 Å². The van der Waals surface area contributed by atoms with Gasteiger partial charge in [0.25, 0.3) is 0 Å². The fourth-order valence-corrected chi connectivity index (χ4v) is 4.24. The monoisotopic (exact) mass is 539 g/mol. The van der Waals surface area contributed by atoms with Gasteiger partial charge in [0, 0.05) is 38.8 Å². The number of ether oxygens (including phenoxy) is 1. The van der Waals surface area contributed by atoms with Crippen molar-refractivity contribution in [1.82, 2.24) is 14.9 Å². The molecular weight excluding hydrogens is 498 g/mol. The molecule has 0 atom stereocenters. The summed E-state index contributed by atoms with van der Waals surface area (Å²) in [6, 6.07) is 11.4. The van der Waals surface area contributed by atoms with Crippen molar-refractivity contribution in [2.75, 3.05) is 43.2 Å². The number of rotatable bonds is 14. The minimum atomic E-state index is 0. The third-order valence-electron chi connectivity index (χ3n) is 5.36. The molecule has 0 aliphatic rings. The van der Waals surface area contributed by atoms with Crippen molar-refractivity contribution in [2.45, 2.75) is 71.0 Å². The molecule has 0 aliphatic heterocycles. The van der Waals surface area contributed by atoms with Gasteiger partial charge in [-0.25, -0.2) is 0 Å². The second kappa shape index (κ2) is 15.4. The minimum Gasteiger partial charge on any atom is -0.477 e. The van der Waals surface area contributed by atoms with Gasteiger partial charge in [-0.2, -0.15) is 9.97 Å². The van der Waals surface area contributed by atoms with Gasteiger partial charge in [-0.05, 0) is 45.9 Å². The molecule has 6 nitrogen and oxygen atoms in total. The summed E-state index contributed by atoms with van der Waals surface area (Å²) in [5.74, 6) is 2.19. The first kappa shape index (κ1) is 29.5. The van der Waals surface area contributed by atoms with Gasteiger partial charge in [0.05, 0.1) is 6.61 Å². The molecule has 33 heavy (non-hydrogen) atoms. The summed E-state index contributed by atoms with van der Waals surface area (Å²) in [5, 5.41) is 3.57. The molecule has 2 aromatic rings. The maximum absolute atomic E-state index is 6.11. The van der Waals surface area contributed by atoms with Crippen molar-refractivity contribution in [3.8, 4) is 5.88 Å². The van der Waals surface area contributed by atoms with Crippen LogP contribution in [0.15, 0.2) is 35.2 Å². The lowest BCUT2D eigenvalue weighted by Crippen LogP contribution is -2.40. The Bertz CT molecular complexity index is 799. The van der Waals surface area contributed by atoms with Crippen molar-refractivity contribution in [3.63, 3.8) is 0 Å². The van der Waals surface area contributed by atoms with E-state index in [9.17, 15) is 0 Å². The Hall–Kier alpha value is -1.51. The highest BCUT2D eigenvalue weighted by atomic mass is 79.9. The lowest BCUT2D eigenvalue weighted by Gasteiger charge is -2.30. The number of nitrogens with one attached hydrogen (secondary N) is 1. The first-order chi connectivity index (χ1) is 15.4. The summed E-state index contributed by atoms with van der Waals surface area (Å²) >= 11 is 1.63. The number of benzene rings is 1. The summed E-state index contributed by atoms with van der Waals surface area (Å²) in [7, 11) is 2.03. The highest BCUT2D eigenvalue weighted by molar-refractivity contribution is 8.93. The van der Waals surface area contributed by atoms with E-state index in [0.717, 1.165) is 43.2 Å². The zero-order valence-corrected chi connectivity index (χ0v) is 23.8. The smallest absolute Gasteiger partial charge is 0.234 e. The van der Waals surface area contributed by atoms with Gasteiger partial charge in [-0.15, -0.1) is 28.7 Å². The van der Waals surface area contributed by atoms with E-state index in [-0.39, 0.29) is 17.0 Å². The number of halogens is 1. The standard InChI is InChI=1S/C25H41N5OS.BrH/c1-8-9-17-31-24-22(32-7)23(26-15-16-30(19(2)3)20(4)5)27-25(28-24)29(6)18-21-13-11-10-12-14-21;/h10-14,19-20H,8-9,15-18H2,1-7H3,(H,26,27,28);1H. The molecule has 1 N–H and O–H groups in total. The summed E-state index contributed by atoms with van der Waals surface area (Å²) in [5.41, 5.74) is 1.22. The van der Waals surface area contributed by atoms with E-state index >= 15 is 0 Å². The predicted molar refractivity (Wildman–Crippen MR) is 149 cm³/mol. The highest BCUT2D eigenvalue weighted by Gasteiger charge is 2.19. The van der Waals surface area contributed by atoms with E-state index in [1.165, 1.54) is 5.56 Å². The molecule has 0 bridgehead atoms. The summed E-state index contributed by atoms with van der Waals surface area (Å²) in [4.78, 5) is 15.2. The molecular formula is C25H42BrN5OS. The van der Waals surface area contributed by atoms with Gasteiger partial charge < -0.3 is 15.0 Å². The molecule has 0 fully saturated rings. The molecule has 2 rings (SSSR count). The number of hydrogen-bond donors (Lipinski definition) is 1. The van der Waals surface area contributed by atoms with Crippen LogP contribution in [0, 0.1) is 0 Å². The van der Waals surface area contributed by atoms with E-state index in [1.807, 2.05) is 13.1 Å². The molecule has 0 amide bonds. The van der Waals surface area contributed by atoms with E-state index in [4.69, 9.17) is 14.7 Å². The Morgan fingerprint density at radius 3 is 2.30 bits per heavy atom. The zero-order valence-electron chi connectivity index (χ0n) is 21.3. The fourth-order valence-electron chi connectivity index (χ4n) is 3.65. The van der Waals surface area contributed by atoms with Crippen LogP contribution in [-0.2, 0) is 6.54 Å². The Kier molecular flexibility index (Phi) is 13.8. The summed E-state index contributed by atoms with van der Waals surface area (Å²) in [6.07, 6.45) is 4.15. The summed E-state index contributed by atoms with van der Waals surface area (Å²) < 4.78 is 6.11. The minimum absolute atomic E-state index is 0. The fraction of sp³-hybridized carbons (Fsp3) is 0.600. The molecule has 0 unspecified atom stereocenters. The number of anilines is 2. The Morgan fingerprint density at radius 1 is 1.06 bits per heavy atom. The second-order valence-corrected chi connectivity index (χ2v) is 9.42. The van der Waals surface area contributed by atoms with Gasteiger partial charge in [0.15, 0.2) is 0 Å².